The Kier molecular flexibility index (Phi) is 9.79. The van der Waals surface area contributed by atoms with E-state index >= 15 is 0 Å². The van der Waals surface area contributed by atoms with Crippen molar-refractivity contribution >= 4 is 32.0 Å². The molecule has 0 saturated heterocycles. The van der Waals surface area contributed by atoms with Gasteiger partial charge in [0.1, 0.15) is 11.5 Å². The number of anilines is 1. The van der Waals surface area contributed by atoms with Crippen molar-refractivity contribution in [3.8, 4) is 11.3 Å². The van der Waals surface area contributed by atoms with E-state index in [0.717, 1.165) is 5.56 Å². The Morgan fingerprint density at radius 1 is 0.974 bits per heavy atom. The molecule has 10 heteroatoms. The average molecular weight is 539 g/mol. The lowest BCUT2D eigenvalue weighted by molar-refractivity contribution is -0.115. The zero-order chi connectivity index (χ0) is 27.8. The summed E-state index contributed by atoms with van der Waals surface area (Å²) in [6.07, 6.45) is 1.18. The summed E-state index contributed by atoms with van der Waals surface area (Å²) in [5, 5.41) is 4.96. The van der Waals surface area contributed by atoms with Gasteiger partial charge < -0.3 is 5.32 Å². The molecule has 1 atom stereocenters. The highest BCUT2D eigenvalue weighted by atomic mass is 31.0. The molecule has 0 spiro atoms. The second kappa shape index (κ2) is 13.0. The number of rotatable bonds is 7. The molecule has 3 aromatic carbocycles. The van der Waals surface area contributed by atoms with E-state index in [1.165, 1.54) is 13.1 Å². The molecule has 0 fully saturated rings. The molecule has 1 amide bonds. The minimum Gasteiger partial charge on any atom is -0.309 e. The molecule has 1 aromatic heterocycles. The summed E-state index contributed by atoms with van der Waals surface area (Å²) >= 11 is 0. The minimum atomic E-state index is -1.35. The molecule has 4 rings (SSSR count). The minimum absolute atomic E-state index is 0.139. The van der Waals surface area contributed by atoms with Crippen LogP contribution in [-0.2, 0) is 17.6 Å². The Labute approximate surface area is 220 Å². The Morgan fingerprint density at radius 3 is 2.26 bits per heavy atom. The van der Waals surface area contributed by atoms with Gasteiger partial charge in [0.2, 0.25) is 5.91 Å². The van der Waals surface area contributed by atoms with E-state index in [1.54, 1.807) is 24.3 Å². The summed E-state index contributed by atoms with van der Waals surface area (Å²) in [4.78, 5) is 32.5. The third-order valence-electron chi connectivity index (χ3n) is 5.64. The Bertz CT molecular complexity index is 1420. The van der Waals surface area contributed by atoms with Crippen LogP contribution in [0.4, 0.5) is 24.7 Å². The van der Waals surface area contributed by atoms with Crippen LogP contribution in [0.5, 0.6) is 0 Å². The molecule has 1 unspecified atom stereocenters. The van der Waals surface area contributed by atoms with Crippen LogP contribution in [0.15, 0.2) is 66.0 Å². The molecule has 196 valence electrons. The normalized spacial score (nSPS) is 10.4. The van der Waals surface area contributed by atoms with Crippen molar-refractivity contribution in [2.45, 2.75) is 33.6 Å². The number of amides is 1. The molecular formula is C28H26F3N4O2P. The van der Waals surface area contributed by atoms with E-state index < -0.39 is 35.1 Å². The third kappa shape index (κ3) is 6.47. The largest absolute Gasteiger partial charge is 0.309 e. The monoisotopic (exact) mass is 538 g/mol. The molecule has 0 aliphatic heterocycles. The number of carbonyl (C=O) groups is 1. The maximum Gasteiger partial charge on any atom is 0.230 e. The van der Waals surface area contributed by atoms with E-state index in [4.69, 9.17) is 0 Å². The zero-order valence-corrected chi connectivity index (χ0v) is 22.2. The first-order chi connectivity index (χ1) is 18.3. The number of nitrogens with one attached hydrogen (secondary N) is 1. The summed E-state index contributed by atoms with van der Waals surface area (Å²) in [5.74, 6) is -4.11. The van der Waals surface area contributed by atoms with Crippen molar-refractivity contribution in [3.63, 3.8) is 0 Å². The maximum absolute atomic E-state index is 14.5. The first-order valence-electron chi connectivity index (χ1n) is 11.8. The van der Waals surface area contributed by atoms with Gasteiger partial charge in [0.25, 0.3) is 0 Å². The van der Waals surface area contributed by atoms with Crippen LogP contribution in [0.3, 0.4) is 0 Å². The number of hydrogen-bond donors (Lipinski definition) is 1. The fourth-order valence-electron chi connectivity index (χ4n) is 3.67. The van der Waals surface area contributed by atoms with Gasteiger partial charge in [-0.15, -0.1) is 4.91 Å². The quantitative estimate of drug-likeness (QED) is 0.164. The van der Waals surface area contributed by atoms with Crippen LogP contribution in [0, 0.1) is 29.3 Å². The van der Waals surface area contributed by atoms with Gasteiger partial charge in [-0.25, -0.2) is 23.1 Å². The Morgan fingerprint density at radius 2 is 1.63 bits per heavy atom. The third-order valence-corrected chi connectivity index (χ3v) is 6.14. The van der Waals surface area contributed by atoms with Gasteiger partial charge in [-0.2, -0.15) is 0 Å². The molecule has 0 aliphatic carbocycles. The van der Waals surface area contributed by atoms with Crippen molar-refractivity contribution < 1.29 is 18.0 Å². The molecule has 0 radical (unpaired) electrons. The van der Waals surface area contributed by atoms with Gasteiger partial charge in [-0.1, -0.05) is 65.6 Å². The first kappa shape index (κ1) is 28.6. The van der Waals surface area contributed by atoms with E-state index in [-0.39, 0.29) is 22.6 Å². The fourth-order valence-corrected chi connectivity index (χ4v) is 4.01. The smallest absolute Gasteiger partial charge is 0.230 e. The number of nitroso groups, excluding NO2 is 1. The van der Waals surface area contributed by atoms with Gasteiger partial charge in [0, 0.05) is 22.9 Å². The van der Waals surface area contributed by atoms with Crippen LogP contribution < -0.4 is 10.6 Å². The summed E-state index contributed by atoms with van der Waals surface area (Å²) in [6, 6.07) is 15.8. The first-order valence-corrected chi connectivity index (χ1v) is 12.4. The van der Waals surface area contributed by atoms with Crippen LogP contribution in [0.25, 0.3) is 11.3 Å². The number of benzene rings is 3. The molecule has 6 nitrogen and oxygen atoms in total. The number of nitrogens with zero attached hydrogens (tertiary/aromatic N) is 3. The molecular weight excluding hydrogens is 512 g/mol. The molecule has 0 aliphatic rings. The average Bonchev–Trinajstić information content (AvgIpc) is 2.96. The predicted molar refractivity (Wildman–Crippen MR) is 146 cm³/mol. The molecule has 0 bridgehead atoms. The van der Waals surface area contributed by atoms with Crippen molar-refractivity contribution in [1.29, 1.82) is 0 Å². The standard InChI is InChI=1S/C26H20F3N4O2P.C2H6/c1-14-18(23(28)24(29)25(36)22(14)27)12-21(34)32-26-19(11-15-5-3-2-4-6-15)31-20(13-30-26)16-7-9-17(33-35)10-8-16;1-2/h2-10,13H,11-12,36H2,1H3,(H,30,32,34);1-2H3. The molecule has 1 heterocycles. The summed E-state index contributed by atoms with van der Waals surface area (Å²) in [5.41, 5.74) is 2.27. The molecule has 38 heavy (non-hydrogen) atoms. The molecule has 4 aromatic rings. The lowest BCUT2D eigenvalue weighted by Gasteiger charge is -2.14. The van der Waals surface area contributed by atoms with E-state index in [2.05, 4.69) is 20.5 Å². The molecule has 1 N–H and O–H groups in total. The lowest BCUT2D eigenvalue weighted by atomic mass is 10.0. The SMILES string of the molecule is CC.Cc1c(F)c(P)c(F)c(F)c1CC(=O)Nc1ncc(-c2ccc(N=O)cc2)nc1Cc1ccccc1. The second-order valence-corrected chi connectivity index (χ2v) is 8.61. The van der Waals surface area contributed by atoms with Crippen molar-refractivity contribution in [2.24, 2.45) is 5.18 Å². The van der Waals surface area contributed by atoms with Gasteiger partial charge >= 0.3 is 0 Å². The van der Waals surface area contributed by atoms with Crippen molar-refractivity contribution in [3.05, 3.63) is 106 Å². The van der Waals surface area contributed by atoms with Crippen LogP contribution in [-0.4, -0.2) is 15.9 Å². The Balaban J connectivity index is 0.00000195. The van der Waals surface area contributed by atoms with Gasteiger partial charge in [0.05, 0.1) is 24.0 Å². The summed E-state index contributed by atoms with van der Waals surface area (Å²) < 4.78 is 42.8. The number of carbonyl (C=O) groups excluding carboxylic acids is 1. The van der Waals surface area contributed by atoms with Crippen LogP contribution in [0.2, 0.25) is 0 Å². The highest BCUT2D eigenvalue weighted by molar-refractivity contribution is 7.27. The number of aromatic nitrogens is 2. The predicted octanol–water partition coefficient (Wildman–Crippen LogP) is 6.57. The summed E-state index contributed by atoms with van der Waals surface area (Å²) in [7, 11) is 1.82. The highest BCUT2D eigenvalue weighted by Crippen LogP contribution is 2.25. The van der Waals surface area contributed by atoms with Gasteiger partial charge in [-0.3, -0.25) is 4.79 Å². The fraction of sp³-hybridized carbons (Fsp3) is 0.179. The molecule has 0 saturated carbocycles. The van der Waals surface area contributed by atoms with Gasteiger partial charge in [0.15, 0.2) is 17.5 Å². The zero-order valence-electron chi connectivity index (χ0n) is 21.1. The topological polar surface area (TPSA) is 84.3 Å². The Hall–Kier alpha value is -3.97. The van der Waals surface area contributed by atoms with E-state index in [1.807, 2.05) is 53.4 Å². The van der Waals surface area contributed by atoms with E-state index in [0.29, 0.717) is 23.4 Å². The van der Waals surface area contributed by atoms with Gasteiger partial charge in [-0.05, 0) is 35.4 Å². The maximum atomic E-state index is 14.5. The van der Waals surface area contributed by atoms with Crippen molar-refractivity contribution in [2.75, 3.05) is 5.32 Å². The summed E-state index contributed by atoms with van der Waals surface area (Å²) in [6.45, 7) is 5.29. The highest BCUT2D eigenvalue weighted by Gasteiger charge is 2.23. The second-order valence-electron chi connectivity index (χ2n) is 8.04. The lowest BCUT2D eigenvalue weighted by Crippen LogP contribution is -2.21. The number of hydrogen-bond acceptors (Lipinski definition) is 5. The van der Waals surface area contributed by atoms with Crippen molar-refractivity contribution in [1.82, 2.24) is 9.97 Å². The van der Waals surface area contributed by atoms with Crippen LogP contribution in [0.1, 0.15) is 36.2 Å². The van der Waals surface area contributed by atoms with Crippen LogP contribution >= 0.6 is 9.24 Å². The number of halogens is 3. The van der Waals surface area contributed by atoms with E-state index in [9.17, 15) is 22.9 Å².